The van der Waals surface area contributed by atoms with E-state index in [2.05, 4.69) is 17.0 Å². The molecule has 52 valence electrons. The predicted octanol–water partition coefficient (Wildman–Crippen LogP) is 1.57. The van der Waals surface area contributed by atoms with Crippen molar-refractivity contribution in [3.63, 3.8) is 0 Å². The van der Waals surface area contributed by atoms with Gasteiger partial charge in [-0.3, -0.25) is 4.98 Å². The molecule has 0 saturated carbocycles. The molecule has 0 amide bonds. The van der Waals surface area contributed by atoms with Gasteiger partial charge in [-0.15, -0.1) is 0 Å². The highest BCUT2D eigenvalue weighted by atomic mass is 16.6. The fourth-order valence-electron chi connectivity index (χ4n) is 0.533. The summed E-state index contributed by atoms with van der Waals surface area (Å²) in [4.78, 5) is 8.55. The van der Waals surface area contributed by atoms with E-state index in [9.17, 15) is 0 Å². The van der Waals surface area contributed by atoms with Crippen molar-refractivity contribution >= 4 is 5.69 Å². The van der Waals surface area contributed by atoms with Gasteiger partial charge in [-0.05, 0) is 12.1 Å². The van der Waals surface area contributed by atoms with Crippen molar-refractivity contribution < 1.29 is 4.84 Å². The van der Waals surface area contributed by atoms with E-state index in [1.165, 1.54) is 6.26 Å². The number of hydrogen-bond acceptors (Lipinski definition) is 3. The van der Waals surface area contributed by atoms with Crippen LogP contribution in [-0.2, 0) is 4.84 Å². The van der Waals surface area contributed by atoms with Crippen LogP contribution in [0.15, 0.2) is 37.4 Å². The van der Waals surface area contributed by atoms with Crippen LogP contribution in [0.5, 0.6) is 0 Å². The quantitative estimate of drug-likeness (QED) is 0.506. The van der Waals surface area contributed by atoms with Gasteiger partial charge in [0.2, 0.25) is 0 Å². The number of nitrogens with zero attached hydrogens (tertiary/aromatic N) is 1. The van der Waals surface area contributed by atoms with Crippen molar-refractivity contribution in [3.05, 3.63) is 37.4 Å². The zero-order valence-electron chi connectivity index (χ0n) is 5.45. The van der Waals surface area contributed by atoms with Crippen LogP contribution in [0.4, 0.5) is 5.69 Å². The Morgan fingerprint density at radius 2 is 2.60 bits per heavy atom. The molecule has 0 bridgehead atoms. The van der Waals surface area contributed by atoms with Gasteiger partial charge in [0.15, 0.2) is 0 Å². The Balaban J connectivity index is 2.50. The number of hydrogen-bond donors (Lipinski definition) is 1. The summed E-state index contributed by atoms with van der Waals surface area (Å²) in [6, 6.07) is 3.66. The van der Waals surface area contributed by atoms with Gasteiger partial charge in [0.25, 0.3) is 0 Å². The molecule has 0 aliphatic heterocycles. The zero-order valence-corrected chi connectivity index (χ0v) is 5.45. The van der Waals surface area contributed by atoms with E-state index >= 15 is 0 Å². The predicted molar refractivity (Wildman–Crippen MR) is 39.1 cm³/mol. The number of anilines is 1. The molecule has 1 aromatic heterocycles. The van der Waals surface area contributed by atoms with Gasteiger partial charge < -0.3 is 4.84 Å². The van der Waals surface area contributed by atoms with Crippen molar-refractivity contribution in [2.75, 3.05) is 5.48 Å². The maximum atomic E-state index is 4.69. The molecule has 0 spiro atoms. The molecule has 3 nitrogen and oxygen atoms in total. The Kier molecular flexibility index (Phi) is 2.31. The smallest absolute Gasteiger partial charge is 0.112 e. The third-order valence-electron chi connectivity index (χ3n) is 0.922. The summed E-state index contributed by atoms with van der Waals surface area (Å²) >= 11 is 0. The fourth-order valence-corrected chi connectivity index (χ4v) is 0.533. The van der Waals surface area contributed by atoms with Gasteiger partial charge >= 0.3 is 0 Å². The van der Waals surface area contributed by atoms with Crippen molar-refractivity contribution in [1.82, 2.24) is 4.98 Å². The molecule has 1 rings (SSSR count). The van der Waals surface area contributed by atoms with Crippen molar-refractivity contribution in [2.45, 2.75) is 0 Å². The van der Waals surface area contributed by atoms with E-state index in [1.807, 2.05) is 12.1 Å². The van der Waals surface area contributed by atoms with E-state index in [1.54, 1.807) is 12.4 Å². The summed E-state index contributed by atoms with van der Waals surface area (Å²) in [5.41, 5.74) is 3.42. The maximum absolute atomic E-state index is 4.69. The lowest BCUT2D eigenvalue weighted by atomic mass is 10.4. The molecule has 0 atom stereocenters. The van der Waals surface area contributed by atoms with E-state index in [0.29, 0.717) is 0 Å². The SMILES string of the molecule is C=CONc1cccnc1. The highest BCUT2D eigenvalue weighted by molar-refractivity contribution is 5.36. The topological polar surface area (TPSA) is 34.1 Å². The molecule has 0 saturated heterocycles. The minimum Gasteiger partial charge on any atom is -0.391 e. The molecule has 10 heavy (non-hydrogen) atoms. The highest BCUT2D eigenvalue weighted by Crippen LogP contribution is 2.01. The molecule has 0 fully saturated rings. The summed E-state index contributed by atoms with van der Waals surface area (Å²) in [5.74, 6) is 0. The van der Waals surface area contributed by atoms with Crippen LogP contribution >= 0.6 is 0 Å². The molecule has 1 aromatic rings. The minimum absolute atomic E-state index is 0.808. The van der Waals surface area contributed by atoms with Crippen molar-refractivity contribution in [3.8, 4) is 0 Å². The van der Waals surface area contributed by atoms with Crippen LogP contribution in [0.25, 0.3) is 0 Å². The molecule has 0 radical (unpaired) electrons. The molecular weight excluding hydrogens is 128 g/mol. The van der Waals surface area contributed by atoms with Gasteiger partial charge in [0, 0.05) is 6.20 Å². The first-order chi connectivity index (χ1) is 4.93. The van der Waals surface area contributed by atoms with Crippen molar-refractivity contribution in [2.24, 2.45) is 0 Å². The van der Waals surface area contributed by atoms with Crippen LogP contribution < -0.4 is 5.48 Å². The monoisotopic (exact) mass is 136 g/mol. The van der Waals surface area contributed by atoms with Crippen LogP contribution in [0, 0.1) is 0 Å². The first-order valence-corrected chi connectivity index (χ1v) is 2.86. The summed E-state index contributed by atoms with van der Waals surface area (Å²) in [5, 5.41) is 0. The lowest BCUT2D eigenvalue weighted by Crippen LogP contribution is -1.93. The van der Waals surface area contributed by atoms with Gasteiger partial charge in [0.1, 0.15) is 6.26 Å². The Morgan fingerprint density at radius 1 is 1.70 bits per heavy atom. The van der Waals surface area contributed by atoms with Gasteiger partial charge in [0.05, 0.1) is 11.9 Å². The second kappa shape index (κ2) is 3.50. The van der Waals surface area contributed by atoms with E-state index in [0.717, 1.165) is 5.69 Å². The summed E-state index contributed by atoms with van der Waals surface area (Å²) in [6.45, 7) is 3.37. The molecular formula is C7H8N2O. The van der Waals surface area contributed by atoms with Crippen molar-refractivity contribution in [1.29, 1.82) is 0 Å². The molecule has 0 aliphatic carbocycles. The largest absolute Gasteiger partial charge is 0.391 e. The lowest BCUT2D eigenvalue weighted by molar-refractivity contribution is 0.331. The van der Waals surface area contributed by atoms with Crippen LogP contribution in [0.2, 0.25) is 0 Å². The number of nitrogens with one attached hydrogen (secondary N) is 1. The second-order valence-corrected chi connectivity index (χ2v) is 1.63. The first kappa shape index (κ1) is 6.61. The van der Waals surface area contributed by atoms with Crippen LogP contribution in [-0.4, -0.2) is 4.98 Å². The first-order valence-electron chi connectivity index (χ1n) is 2.86. The van der Waals surface area contributed by atoms with Crippen LogP contribution in [0.3, 0.4) is 0 Å². The van der Waals surface area contributed by atoms with E-state index in [-0.39, 0.29) is 0 Å². The van der Waals surface area contributed by atoms with Gasteiger partial charge in [-0.1, -0.05) is 6.58 Å². The molecule has 3 heteroatoms. The zero-order chi connectivity index (χ0) is 7.23. The Bertz CT molecular complexity index is 198. The van der Waals surface area contributed by atoms with Crippen LogP contribution in [0.1, 0.15) is 0 Å². The Morgan fingerprint density at radius 3 is 3.20 bits per heavy atom. The third kappa shape index (κ3) is 1.78. The molecule has 1 N–H and O–H groups in total. The number of pyridine rings is 1. The second-order valence-electron chi connectivity index (χ2n) is 1.63. The average Bonchev–Trinajstić information content (AvgIpc) is 2.03. The molecule has 0 aliphatic rings. The third-order valence-corrected chi connectivity index (χ3v) is 0.922. The molecule has 0 aromatic carbocycles. The Hall–Kier alpha value is -1.51. The van der Waals surface area contributed by atoms with Gasteiger partial charge in [-0.2, -0.15) is 0 Å². The lowest BCUT2D eigenvalue weighted by Gasteiger charge is -2.00. The molecule has 1 heterocycles. The van der Waals surface area contributed by atoms with Gasteiger partial charge in [-0.25, -0.2) is 5.48 Å². The number of rotatable bonds is 3. The maximum Gasteiger partial charge on any atom is 0.112 e. The Labute approximate surface area is 59.3 Å². The van der Waals surface area contributed by atoms with E-state index in [4.69, 9.17) is 4.84 Å². The fraction of sp³-hybridized carbons (Fsp3) is 0. The summed E-state index contributed by atoms with van der Waals surface area (Å²) < 4.78 is 0. The standard InChI is InChI=1S/C7H8N2O/c1-2-10-9-7-4-3-5-8-6-7/h2-6,9H,1H2. The average molecular weight is 136 g/mol. The normalized spacial score (nSPS) is 8.40. The minimum atomic E-state index is 0.808. The summed E-state index contributed by atoms with van der Waals surface area (Å²) in [7, 11) is 0. The number of aromatic nitrogens is 1. The molecule has 0 unspecified atom stereocenters. The summed E-state index contributed by atoms with van der Waals surface area (Å²) in [6.07, 6.45) is 4.66. The highest BCUT2D eigenvalue weighted by Gasteiger charge is 1.84. The van der Waals surface area contributed by atoms with E-state index < -0.39 is 0 Å².